The lowest BCUT2D eigenvalue weighted by Gasteiger charge is -1.99. The van der Waals surface area contributed by atoms with Crippen LogP contribution in [0.4, 0.5) is 5.69 Å². The highest BCUT2D eigenvalue weighted by Crippen LogP contribution is 2.22. The molecule has 6 nitrogen and oxygen atoms in total. The maximum Gasteiger partial charge on any atom is 0.279 e. The predicted octanol–water partition coefficient (Wildman–Crippen LogP) is 4.00. The van der Waals surface area contributed by atoms with Gasteiger partial charge in [0, 0.05) is 29.6 Å². The van der Waals surface area contributed by atoms with Crippen molar-refractivity contribution in [3.63, 3.8) is 0 Å². The van der Waals surface area contributed by atoms with E-state index >= 15 is 0 Å². The number of hydrogen-bond donors (Lipinski definition) is 0. The largest absolute Gasteiger partial charge is 0.319 e. The van der Waals surface area contributed by atoms with Crippen molar-refractivity contribution < 1.29 is 9.72 Å². The topological polar surface area (TPSA) is 77.5 Å². The molecule has 128 valence electrons. The van der Waals surface area contributed by atoms with Crippen LogP contribution in [0.15, 0.2) is 52.4 Å². The molecule has 25 heavy (non-hydrogen) atoms. The monoisotopic (exact) mass is 373 g/mol. The molecule has 0 atom stereocenters. The van der Waals surface area contributed by atoms with Crippen molar-refractivity contribution in [3.8, 4) is 0 Å². The second-order valence-electron chi connectivity index (χ2n) is 5.23. The van der Waals surface area contributed by atoms with Crippen molar-refractivity contribution >= 4 is 44.9 Å². The molecule has 0 unspecified atom stereocenters. The van der Waals surface area contributed by atoms with Crippen LogP contribution in [0.2, 0.25) is 0 Å². The minimum Gasteiger partial charge on any atom is -0.319 e. The Balaban J connectivity index is 1.98. The Labute approximate surface area is 152 Å². The van der Waals surface area contributed by atoms with Gasteiger partial charge >= 0.3 is 0 Å². The van der Waals surface area contributed by atoms with E-state index in [1.54, 1.807) is 41.6 Å². The first-order valence-corrected chi connectivity index (χ1v) is 9.35. The van der Waals surface area contributed by atoms with E-state index in [1.807, 2.05) is 12.1 Å². The summed E-state index contributed by atoms with van der Waals surface area (Å²) in [5.41, 5.74) is 1.21. The van der Waals surface area contributed by atoms with Crippen LogP contribution in [-0.2, 0) is 7.05 Å². The zero-order chi connectivity index (χ0) is 18.0. The quantitative estimate of drug-likeness (QED) is 0.393. The summed E-state index contributed by atoms with van der Waals surface area (Å²) in [6, 6.07) is 12.0. The summed E-state index contributed by atoms with van der Waals surface area (Å²) in [7, 11) is 1.75. The summed E-state index contributed by atoms with van der Waals surface area (Å²) < 4.78 is 2.54. The molecule has 0 saturated heterocycles. The van der Waals surface area contributed by atoms with E-state index in [9.17, 15) is 14.9 Å². The smallest absolute Gasteiger partial charge is 0.279 e. The van der Waals surface area contributed by atoms with Crippen molar-refractivity contribution in [2.24, 2.45) is 12.0 Å². The Hall–Kier alpha value is -2.45. The third-order valence-electron chi connectivity index (χ3n) is 3.61. The zero-order valence-corrected chi connectivity index (χ0v) is 15.3. The van der Waals surface area contributed by atoms with E-state index in [2.05, 4.69) is 11.9 Å². The molecule has 0 aliphatic rings. The van der Waals surface area contributed by atoms with Crippen LogP contribution in [0.25, 0.3) is 10.2 Å². The van der Waals surface area contributed by atoms with Gasteiger partial charge in [-0.05, 0) is 36.1 Å². The number of hydrogen-bond acceptors (Lipinski definition) is 5. The first-order chi connectivity index (χ1) is 12.0. The lowest BCUT2D eigenvalue weighted by Crippen LogP contribution is -2.13. The average Bonchev–Trinajstić information content (AvgIpc) is 2.91. The number of nitro benzene ring substituents is 1. The summed E-state index contributed by atoms with van der Waals surface area (Å²) in [6.45, 7) is 2.07. The first-order valence-electron chi connectivity index (χ1n) is 7.55. The number of thioether (sulfide) groups is 1. The van der Waals surface area contributed by atoms with Crippen LogP contribution in [0.5, 0.6) is 0 Å². The molecule has 8 heteroatoms. The average molecular weight is 373 g/mol. The molecule has 3 rings (SSSR count). The normalized spacial score (nSPS) is 11.8. The SMILES string of the molecule is CCSc1ccc(C(=O)N=c2sc3ccc([N+](=O)[O-])cc3n2C)cc1. The lowest BCUT2D eigenvalue weighted by molar-refractivity contribution is -0.384. The molecular weight excluding hydrogens is 358 g/mol. The summed E-state index contributed by atoms with van der Waals surface area (Å²) >= 11 is 3.04. The van der Waals surface area contributed by atoms with Crippen molar-refractivity contribution in [1.29, 1.82) is 0 Å². The third kappa shape index (κ3) is 3.64. The molecule has 3 aromatic rings. The van der Waals surface area contributed by atoms with Gasteiger partial charge in [0.05, 0.1) is 15.1 Å². The van der Waals surface area contributed by atoms with Gasteiger partial charge in [-0.2, -0.15) is 4.99 Å². The Kier molecular flexibility index (Phi) is 5.00. The van der Waals surface area contributed by atoms with E-state index in [4.69, 9.17) is 0 Å². The molecule has 1 aromatic heterocycles. The van der Waals surface area contributed by atoms with Crippen molar-refractivity contribution in [2.75, 3.05) is 5.75 Å². The second-order valence-corrected chi connectivity index (χ2v) is 7.57. The number of non-ortho nitro benzene ring substituents is 1. The van der Waals surface area contributed by atoms with E-state index < -0.39 is 4.92 Å². The van der Waals surface area contributed by atoms with Gasteiger partial charge in [0.2, 0.25) is 0 Å². The number of nitro groups is 1. The highest BCUT2D eigenvalue weighted by atomic mass is 32.2. The second kappa shape index (κ2) is 7.20. The van der Waals surface area contributed by atoms with Gasteiger partial charge in [-0.3, -0.25) is 14.9 Å². The standard InChI is InChI=1S/C17H15N3O3S2/c1-3-24-13-7-4-11(5-8-13)16(21)18-17-19(2)14-10-12(20(22)23)6-9-15(14)25-17/h4-10H,3H2,1-2H3. The van der Waals surface area contributed by atoms with Crippen LogP contribution in [0.1, 0.15) is 17.3 Å². The molecule has 0 bridgehead atoms. The third-order valence-corrected chi connectivity index (χ3v) is 5.62. The Morgan fingerprint density at radius 2 is 2.00 bits per heavy atom. The van der Waals surface area contributed by atoms with Gasteiger partial charge in [0.1, 0.15) is 0 Å². The molecule has 0 saturated carbocycles. The number of benzene rings is 2. The Bertz CT molecular complexity index is 1020. The number of aromatic nitrogens is 1. The molecule has 0 aliphatic carbocycles. The Morgan fingerprint density at radius 1 is 1.28 bits per heavy atom. The van der Waals surface area contributed by atoms with Crippen molar-refractivity contribution in [3.05, 3.63) is 62.9 Å². The number of carbonyl (C=O) groups is 1. The predicted molar refractivity (Wildman–Crippen MR) is 100 cm³/mol. The van der Waals surface area contributed by atoms with Gasteiger partial charge in [0.25, 0.3) is 11.6 Å². The summed E-state index contributed by atoms with van der Waals surface area (Å²) in [6.07, 6.45) is 0. The fourth-order valence-corrected chi connectivity index (χ4v) is 4.01. The first kappa shape index (κ1) is 17.4. The number of amides is 1. The van der Waals surface area contributed by atoms with Crippen LogP contribution in [-0.4, -0.2) is 21.2 Å². The van der Waals surface area contributed by atoms with Gasteiger partial charge in [-0.25, -0.2) is 0 Å². The summed E-state index contributed by atoms with van der Waals surface area (Å²) in [5, 5.41) is 10.9. The number of carbonyl (C=O) groups excluding carboxylic acids is 1. The maximum atomic E-state index is 12.4. The van der Waals surface area contributed by atoms with E-state index in [-0.39, 0.29) is 11.6 Å². The number of aryl methyl sites for hydroxylation is 1. The minimum absolute atomic E-state index is 0.0165. The molecule has 2 aromatic carbocycles. The molecule has 1 heterocycles. The van der Waals surface area contributed by atoms with E-state index in [1.165, 1.54) is 23.5 Å². The van der Waals surface area contributed by atoms with E-state index in [0.29, 0.717) is 15.9 Å². The number of thiazole rings is 1. The zero-order valence-electron chi connectivity index (χ0n) is 13.6. The number of fused-ring (bicyclic) bond motifs is 1. The lowest BCUT2D eigenvalue weighted by atomic mass is 10.2. The fraction of sp³-hybridized carbons (Fsp3) is 0.176. The molecule has 0 radical (unpaired) electrons. The number of nitrogens with zero attached hydrogens (tertiary/aromatic N) is 3. The molecule has 0 N–H and O–H groups in total. The van der Waals surface area contributed by atoms with E-state index in [0.717, 1.165) is 15.3 Å². The van der Waals surface area contributed by atoms with Gasteiger partial charge in [0.15, 0.2) is 4.80 Å². The van der Waals surface area contributed by atoms with Gasteiger partial charge in [-0.1, -0.05) is 18.3 Å². The van der Waals surface area contributed by atoms with Gasteiger partial charge in [-0.15, -0.1) is 11.8 Å². The molecule has 0 aliphatic heterocycles. The summed E-state index contributed by atoms with van der Waals surface area (Å²) in [4.78, 5) is 28.7. The molecule has 1 amide bonds. The highest BCUT2D eigenvalue weighted by molar-refractivity contribution is 7.99. The van der Waals surface area contributed by atoms with Crippen molar-refractivity contribution in [1.82, 2.24) is 4.57 Å². The van der Waals surface area contributed by atoms with Crippen LogP contribution >= 0.6 is 23.1 Å². The molecular formula is C17H15N3O3S2. The highest BCUT2D eigenvalue weighted by Gasteiger charge is 2.11. The molecule has 0 fully saturated rings. The van der Waals surface area contributed by atoms with Crippen LogP contribution in [0.3, 0.4) is 0 Å². The molecule has 0 spiro atoms. The fourth-order valence-electron chi connectivity index (χ4n) is 2.35. The van der Waals surface area contributed by atoms with Crippen LogP contribution in [0, 0.1) is 10.1 Å². The number of rotatable bonds is 4. The maximum absolute atomic E-state index is 12.4. The van der Waals surface area contributed by atoms with Gasteiger partial charge < -0.3 is 4.57 Å². The van der Waals surface area contributed by atoms with Crippen LogP contribution < -0.4 is 4.80 Å². The minimum atomic E-state index is -0.436. The summed E-state index contributed by atoms with van der Waals surface area (Å²) in [5.74, 6) is 0.645. The van der Waals surface area contributed by atoms with Crippen molar-refractivity contribution in [2.45, 2.75) is 11.8 Å². The Morgan fingerprint density at radius 3 is 2.64 bits per heavy atom.